The summed E-state index contributed by atoms with van der Waals surface area (Å²) < 4.78 is 3.25. The molecule has 13 heavy (non-hydrogen) atoms. The minimum absolute atomic E-state index is 0.216. The fraction of sp³-hybridized carbons (Fsp3) is 0.556. The molecule has 1 aromatic heterocycles. The van der Waals surface area contributed by atoms with Crippen LogP contribution in [0.5, 0.6) is 0 Å². The van der Waals surface area contributed by atoms with Crippen LogP contribution in [0.4, 0.5) is 0 Å². The zero-order valence-corrected chi connectivity index (χ0v) is 8.15. The number of nitrogens with zero attached hydrogens (tertiary/aromatic N) is 2. The van der Waals surface area contributed by atoms with Crippen LogP contribution in [0.15, 0.2) is 12.4 Å². The highest BCUT2D eigenvalue weighted by Crippen LogP contribution is 2.01. The van der Waals surface area contributed by atoms with Crippen molar-refractivity contribution in [2.75, 3.05) is 0 Å². The molecule has 1 heterocycles. The Balaban J connectivity index is 3.00. The van der Waals surface area contributed by atoms with Gasteiger partial charge in [-0.2, -0.15) is 0 Å². The van der Waals surface area contributed by atoms with E-state index in [4.69, 9.17) is 0 Å². The van der Waals surface area contributed by atoms with Gasteiger partial charge < -0.3 is 9.90 Å². The van der Waals surface area contributed by atoms with Crippen molar-refractivity contribution in [2.24, 2.45) is 13.0 Å². The zero-order chi connectivity index (χ0) is 10.0. The van der Waals surface area contributed by atoms with E-state index in [1.165, 1.54) is 0 Å². The van der Waals surface area contributed by atoms with Gasteiger partial charge in [-0.05, 0) is 5.92 Å². The normalized spacial score (nSPS) is 10.8. The highest BCUT2D eigenvalue weighted by Gasteiger charge is 2.15. The van der Waals surface area contributed by atoms with Crippen LogP contribution in [0, 0.1) is 5.92 Å². The fourth-order valence-corrected chi connectivity index (χ4v) is 1.33. The minimum Gasteiger partial charge on any atom is -0.538 e. The molecule has 4 heteroatoms. The van der Waals surface area contributed by atoms with Crippen LogP contribution >= 0.6 is 0 Å². The molecule has 0 aliphatic carbocycles. The summed E-state index contributed by atoms with van der Waals surface area (Å²) in [6.07, 6.45) is 3.47. The lowest BCUT2D eigenvalue weighted by molar-refractivity contribution is -0.675. The lowest BCUT2D eigenvalue weighted by Crippen LogP contribution is -2.41. The molecular formula is C9H14N2O2. The molecule has 0 fully saturated rings. The summed E-state index contributed by atoms with van der Waals surface area (Å²) in [6, 6.07) is 0. The van der Waals surface area contributed by atoms with E-state index < -0.39 is 5.97 Å². The molecule has 1 rings (SSSR count). The van der Waals surface area contributed by atoms with Crippen molar-refractivity contribution in [3.05, 3.63) is 18.2 Å². The number of carbonyl (C=O) groups is 1. The first-order valence-electron chi connectivity index (χ1n) is 4.28. The SMILES string of the molecule is CC(C)Cn1cc[n+](C)c1C(=O)[O-]. The van der Waals surface area contributed by atoms with E-state index in [-0.39, 0.29) is 5.82 Å². The Labute approximate surface area is 77.4 Å². The first-order chi connectivity index (χ1) is 6.02. The average molecular weight is 182 g/mol. The summed E-state index contributed by atoms with van der Waals surface area (Å²) >= 11 is 0. The van der Waals surface area contributed by atoms with Crippen molar-refractivity contribution in [1.82, 2.24) is 4.57 Å². The molecule has 0 radical (unpaired) electrons. The fourth-order valence-electron chi connectivity index (χ4n) is 1.33. The van der Waals surface area contributed by atoms with Gasteiger partial charge in [-0.1, -0.05) is 13.8 Å². The van der Waals surface area contributed by atoms with Crippen LogP contribution in [0.25, 0.3) is 0 Å². The third-order valence-electron chi connectivity index (χ3n) is 1.82. The van der Waals surface area contributed by atoms with Gasteiger partial charge in [0.05, 0.1) is 13.6 Å². The molecule has 0 aliphatic heterocycles. The molecule has 0 unspecified atom stereocenters. The van der Waals surface area contributed by atoms with E-state index in [1.807, 2.05) is 13.8 Å². The quantitative estimate of drug-likeness (QED) is 0.582. The van der Waals surface area contributed by atoms with Gasteiger partial charge in [0, 0.05) is 0 Å². The second-order valence-electron chi connectivity index (χ2n) is 3.57. The Morgan fingerprint density at radius 3 is 2.77 bits per heavy atom. The Morgan fingerprint density at radius 2 is 2.31 bits per heavy atom. The average Bonchev–Trinajstić information content (AvgIpc) is 2.30. The zero-order valence-electron chi connectivity index (χ0n) is 8.15. The molecule has 4 nitrogen and oxygen atoms in total. The first kappa shape index (κ1) is 9.77. The Morgan fingerprint density at radius 1 is 1.69 bits per heavy atom. The van der Waals surface area contributed by atoms with Crippen LogP contribution in [0.3, 0.4) is 0 Å². The van der Waals surface area contributed by atoms with Crippen molar-refractivity contribution < 1.29 is 14.5 Å². The number of carboxylic acids is 1. The Bertz CT molecular complexity index is 315. The molecule has 0 spiro atoms. The summed E-state index contributed by atoms with van der Waals surface area (Å²) in [6.45, 7) is 4.78. The van der Waals surface area contributed by atoms with E-state index in [0.717, 1.165) is 0 Å². The Hall–Kier alpha value is -1.32. The number of rotatable bonds is 3. The number of hydrogen-bond donors (Lipinski definition) is 0. The molecule has 0 saturated carbocycles. The standard InChI is InChI=1S/C9H14N2O2/c1-7(2)6-11-5-4-10(3)8(11)9(12)13/h4-5,7H,6H2,1-3H3. The predicted molar refractivity (Wildman–Crippen MR) is 44.8 cm³/mol. The highest BCUT2D eigenvalue weighted by atomic mass is 16.4. The van der Waals surface area contributed by atoms with Crippen molar-refractivity contribution in [3.8, 4) is 0 Å². The molecule has 0 saturated heterocycles. The van der Waals surface area contributed by atoms with E-state index in [2.05, 4.69) is 0 Å². The summed E-state index contributed by atoms with van der Waals surface area (Å²) in [5.74, 6) is -0.493. The molecule has 0 bridgehead atoms. The van der Waals surface area contributed by atoms with Gasteiger partial charge in [0.15, 0.2) is 5.97 Å². The summed E-state index contributed by atoms with van der Waals surface area (Å²) in [7, 11) is 1.70. The lowest BCUT2D eigenvalue weighted by Gasteiger charge is -2.04. The third-order valence-corrected chi connectivity index (χ3v) is 1.82. The molecule has 72 valence electrons. The van der Waals surface area contributed by atoms with E-state index >= 15 is 0 Å². The lowest BCUT2D eigenvalue weighted by atomic mass is 10.2. The predicted octanol–water partition coefficient (Wildman–Crippen LogP) is -0.668. The maximum Gasteiger partial charge on any atom is 0.304 e. The van der Waals surface area contributed by atoms with Crippen LogP contribution in [0.1, 0.15) is 24.5 Å². The maximum atomic E-state index is 10.7. The van der Waals surface area contributed by atoms with Gasteiger partial charge in [0.25, 0.3) is 0 Å². The third kappa shape index (κ3) is 2.08. The molecule has 0 N–H and O–H groups in total. The monoisotopic (exact) mass is 182 g/mol. The van der Waals surface area contributed by atoms with Crippen LogP contribution < -0.4 is 9.67 Å². The summed E-state index contributed by atoms with van der Waals surface area (Å²) in [4.78, 5) is 10.7. The van der Waals surface area contributed by atoms with E-state index in [0.29, 0.717) is 12.5 Å². The van der Waals surface area contributed by atoms with Gasteiger partial charge >= 0.3 is 5.82 Å². The number of hydrogen-bond acceptors (Lipinski definition) is 2. The molecule has 0 amide bonds. The minimum atomic E-state index is -1.13. The van der Waals surface area contributed by atoms with Crippen molar-refractivity contribution in [2.45, 2.75) is 20.4 Å². The summed E-state index contributed by atoms with van der Waals surface area (Å²) in [5.41, 5.74) is 0. The van der Waals surface area contributed by atoms with Gasteiger partial charge in [-0.15, -0.1) is 0 Å². The van der Waals surface area contributed by atoms with Crippen molar-refractivity contribution >= 4 is 5.97 Å². The van der Waals surface area contributed by atoms with Crippen molar-refractivity contribution in [1.29, 1.82) is 0 Å². The first-order valence-corrected chi connectivity index (χ1v) is 4.28. The van der Waals surface area contributed by atoms with Crippen LogP contribution in [-0.2, 0) is 13.6 Å². The van der Waals surface area contributed by atoms with Gasteiger partial charge in [-0.3, -0.25) is 0 Å². The molecule has 0 aliphatic rings. The van der Waals surface area contributed by atoms with Crippen LogP contribution in [-0.4, -0.2) is 10.5 Å². The number of aryl methyl sites for hydroxylation is 1. The van der Waals surface area contributed by atoms with E-state index in [9.17, 15) is 9.90 Å². The largest absolute Gasteiger partial charge is 0.538 e. The molecule has 0 aromatic carbocycles. The number of carboxylic acid groups (broad SMARTS) is 1. The van der Waals surface area contributed by atoms with Crippen molar-refractivity contribution in [3.63, 3.8) is 0 Å². The van der Waals surface area contributed by atoms with E-state index in [1.54, 1.807) is 28.6 Å². The maximum absolute atomic E-state index is 10.7. The highest BCUT2D eigenvalue weighted by molar-refractivity contribution is 5.79. The van der Waals surface area contributed by atoms with Gasteiger partial charge in [0.2, 0.25) is 0 Å². The number of imidazole rings is 1. The number of carbonyl (C=O) groups excluding carboxylic acids is 1. The number of aromatic nitrogens is 2. The number of aromatic carboxylic acids is 1. The van der Waals surface area contributed by atoms with Crippen LogP contribution in [0.2, 0.25) is 0 Å². The molecular weight excluding hydrogens is 168 g/mol. The molecule has 0 atom stereocenters. The second-order valence-corrected chi connectivity index (χ2v) is 3.57. The molecule has 1 aromatic rings. The van der Waals surface area contributed by atoms with Gasteiger partial charge in [-0.25, -0.2) is 9.13 Å². The van der Waals surface area contributed by atoms with Gasteiger partial charge in [0.1, 0.15) is 12.4 Å². The summed E-state index contributed by atoms with van der Waals surface area (Å²) in [5, 5.41) is 10.7. The second kappa shape index (κ2) is 3.60. The smallest absolute Gasteiger partial charge is 0.304 e. The topological polar surface area (TPSA) is 48.9 Å². The Kier molecular flexibility index (Phi) is 2.70.